The molecule has 20 heavy (non-hydrogen) atoms. The fourth-order valence-electron chi connectivity index (χ4n) is 3.05. The minimum Gasteiger partial charge on any atom is -0.481 e. The number of carboxylic acid groups (broad SMARTS) is 1. The third kappa shape index (κ3) is 2.59. The van der Waals surface area contributed by atoms with Gasteiger partial charge in [0.05, 0.1) is 5.92 Å². The molecule has 1 amide bonds. The van der Waals surface area contributed by atoms with Crippen LogP contribution in [0.1, 0.15) is 34.9 Å². The van der Waals surface area contributed by atoms with Crippen LogP contribution in [0.15, 0.2) is 12.1 Å². The van der Waals surface area contributed by atoms with Crippen molar-refractivity contribution in [1.29, 1.82) is 0 Å². The van der Waals surface area contributed by atoms with Gasteiger partial charge >= 0.3 is 5.97 Å². The fraction of sp³-hybridized carbons (Fsp3) is 0.600. The molecular formula is C15H19NO3S. The van der Waals surface area contributed by atoms with Gasteiger partial charge in [0, 0.05) is 34.7 Å². The minimum absolute atomic E-state index is 0.0839. The van der Waals surface area contributed by atoms with Crippen molar-refractivity contribution < 1.29 is 14.7 Å². The van der Waals surface area contributed by atoms with Gasteiger partial charge in [0.2, 0.25) is 5.91 Å². The summed E-state index contributed by atoms with van der Waals surface area (Å²) >= 11 is 1.77. The molecule has 1 aliphatic heterocycles. The largest absolute Gasteiger partial charge is 0.481 e. The first-order valence-electron chi connectivity index (χ1n) is 7.14. The van der Waals surface area contributed by atoms with Gasteiger partial charge in [0.25, 0.3) is 0 Å². The van der Waals surface area contributed by atoms with Crippen molar-refractivity contribution in [1.82, 2.24) is 4.90 Å². The Morgan fingerprint density at radius 3 is 2.85 bits per heavy atom. The van der Waals surface area contributed by atoms with Crippen LogP contribution in [-0.2, 0) is 9.59 Å². The van der Waals surface area contributed by atoms with Crippen LogP contribution in [0.3, 0.4) is 0 Å². The molecule has 1 aromatic heterocycles. The number of rotatable bonds is 3. The highest BCUT2D eigenvalue weighted by molar-refractivity contribution is 7.12. The van der Waals surface area contributed by atoms with Crippen molar-refractivity contribution in [3.8, 4) is 0 Å². The van der Waals surface area contributed by atoms with Crippen LogP contribution in [0.4, 0.5) is 0 Å². The summed E-state index contributed by atoms with van der Waals surface area (Å²) in [5, 5.41) is 9.09. The number of thiophene rings is 1. The van der Waals surface area contributed by atoms with Gasteiger partial charge in [-0.3, -0.25) is 9.59 Å². The normalized spacial score (nSPS) is 29.2. The zero-order valence-corrected chi connectivity index (χ0v) is 12.4. The maximum absolute atomic E-state index is 12.5. The summed E-state index contributed by atoms with van der Waals surface area (Å²) in [7, 11) is 0. The number of carboxylic acids is 1. The number of carbonyl (C=O) groups excluding carboxylic acids is 1. The van der Waals surface area contributed by atoms with Crippen molar-refractivity contribution in [3.05, 3.63) is 21.9 Å². The molecule has 3 rings (SSSR count). The molecule has 2 fully saturated rings. The molecule has 0 radical (unpaired) electrons. The van der Waals surface area contributed by atoms with E-state index in [9.17, 15) is 9.59 Å². The molecule has 4 nitrogen and oxygen atoms in total. The van der Waals surface area contributed by atoms with Crippen molar-refractivity contribution in [2.24, 2.45) is 11.8 Å². The molecule has 0 bridgehead atoms. The number of hydrogen-bond donors (Lipinski definition) is 1. The SMILES string of the molecule is Cc1ccc([C@@H]2C[C@H]2C(=O)N2CCC[C@H](C(=O)O)C2)s1. The number of aryl methyl sites for hydroxylation is 1. The number of carbonyl (C=O) groups is 2. The number of aliphatic carboxylic acids is 1. The summed E-state index contributed by atoms with van der Waals surface area (Å²) < 4.78 is 0. The third-order valence-corrected chi connectivity index (χ3v) is 5.45. The monoisotopic (exact) mass is 293 g/mol. The standard InChI is InChI=1S/C15H19NO3S/c1-9-4-5-13(20-9)11-7-12(11)14(17)16-6-2-3-10(8-16)15(18)19/h4-5,10-12H,2-3,6-8H2,1H3,(H,18,19)/t10-,11+,12+/m0/s1. The molecule has 1 N–H and O–H groups in total. The zero-order chi connectivity index (χ0) is 14.3. The topological polar surface area (TPSA) is 57.6 Å². The van der Waals surface area contributed by atoms with Gasteiger partial charge in [-0.2, -0.15) is 0 Å². The Morgan fingerprint density at radius 2 is 2.20 bits per heavy atom. The molecular weight excluding hydrogens is 274 g/mol. The Bertz CT molecular complexity index is 539. The van der Waals surface area contributed by atoms with Crippen LogP contribution in [0, 0.1) is 18.8 Å². The molecule has 0 unspecified atom stereocenters. The summed E-state index contributed by atoms with van der Waals surface area (Å²) in [6.45, 7) is 3.19. The first-order chi connectivity index (χ1) is 9.56. The van der Waals surface area contributed by atoms with Gasteiger partial charge in [-0.25, -0.2) is 0 Å². The summed E-state index contributed by atoms with van der Waals surface area (Å²) in [5.41, 5.74) is 0. The number of nitrogens with zero attached hydrogens (tertiary/aromatic N) is 1. The Labute approximate surface area is 122 Å². The van der Waals surface area contributed by atoms with E-state index >= 15 is 0 Å². The predicted octanol–water partition coefficient (Wildman–Crippen LogP) is 2.48. The highest BCUT2D eigenvalue weighted by Crippen LogP contribution is 2.50. The maximum atomic E-state index is 12.5. The van der Waals surface area contributed by atoms with Crippen molar-refractivity contribution in [3.63, 3.8) is 0 Å². The second kappa shape index (κ2) is 5.20. The molecule has 3 atom stereocenters. The number of piperidine rings is 1. The number of hydrogen-bond acceptors (Lipinski definition) is 3. The average Bonchev–Trinajstić information content (AvgIpc) is 3.13. The zero-order valence-electron chi connectivity index (χ0n) is 11.5. The summed E-state index contributed by atoms with van der Waals surface area (Å²) in [5.74, 6) is -0.545. The first-order valence-corrected chi connectivity index (χ1v) is 7.96. The van der Waals surface area contributed by atoms with Crippen molar-refractivity contribution >= 4 is 23.2 Å². The van der Waals surface area contributed by atoms with E-state index < -0.39 is 5.97 Å². The van der Waals surface area contributed by atoms with Crippen LogP contribution in [0.25, 0.3) is 0 Å². The molecule has 0 aromatic carbocycles. The molecule has 5 heteroatoms. The smallest absolute Gasteiger partial charge is 0.308 e. The van der Waals surface area contributed by atoms with Crippen LogP contribution in [0.2, 0.25) is 0 Å². The fourth-order valence-corrected chi connectivity index (χ4v) is 4.10. The van der Waals surface area contributed by atoms with Gasteiger partial charge in [-0.1, -0.05) is 0 Å². The molecule has 1 aromatic rings. The Balaban J connectivity index is 1.61. The van der Waals surface area contributed by atoms with E-state index in [0.29, 0.717) is 18.9 Å². The summed E-state index contributed by atoms with van der Waals surface area (Å²) in [6, 6.07) is 4.22. The second-order valence-electron chi connectivity index (χ2n) is 5.86. The summed E-state index contributed by atoms with van der Waals surface area (Å²) in [6.07, 6.45) is 2.42. The van der Waals surface area contributed by atoms with Gasteiger partial charge < -0.3 is 10.0 Å². The van der Waals surface area contributed by atoms with E-state index in [1.165, 1.54) is 9.75 Å². The molecule has 1 saturated carbocycles. The Morgan fingerprint density at radius 1 is 1.40 bits per heavy atom. The highest BCUT2D eigenvalue weighted by Gasteiger charge is 2.47. The van der Waals surface area contributed by atoms with E-state index in [1.807, 2.05) is 0 Å². The number of likely N-dealkylation sites (tertiary alicyclic amines) is 1. The quantitative estimate of drug-likeness (QED) is 0.931. The first kappa shape index (κ1) is 13.6. The second-order valence-corrected chi connectivity index (χ2v) is 7.18. The third-order valence-electron chi connectivity index (χ3n) is 4.32. The lowest BCUT2D eigenvalue weighted by Crippen LogP contribution is -2.43. The van der Waals surface area contributed by atoms with Crippen LogP contribution in [-0.4, -0.2) is 35.0 Å². The van der Waals surface area contributed by atoms with Crippen LogP contribution < -0.4 is 0 Å². The molecule has 0 spiro atoms. The van der Waals surface area contributed by atoms with Crippen LogP contribution in [0.5, 0.6) is 0 Å². The van der Waals surface area contributed by atoms with E-state index in [1.54, 1.807) is 16.2 Å². The van der Waals surface area contributed by atoms with E-state index in [2.05, 4.69) is 19.1 Å². The van der Waals surface area contributed by atoms with Crippen molar-refractivity contribution in [2.75, 3.05) is 13.1 Å². The number of amides is 1. The lowest BCUT2D eigenvalue weighted by molar-refractivity contribution is -0.146. The van der Waals surface area contributed by atoms with Gasteiger partial charge in [-0.15, -0.1) is 11.3 Å². The van der Waals surface area contributed by atoms with E-state index in [-0.39, 0.29) is 17.7 Å². The Kier molecular flexibility index (Phi) is 3.54. The highest BCUT2D eigenvalue weighted by atomic mass is 32.1. The van der Waals surface area contributed by atoms with Gasteiger partial charge in [-0.05, 0) is 38.3 Å². The van der Waals surface area contributed by atoms with Crippen molar-refractivity contribution in [2.45, 2.75) is 32.1 Å². The van der Waals surface area contributed by atoms with E-state index in [4.69, 9.17) is 5.11 Å². The maximum Gasteiger partial charge on any atom is 0.308 e. The van der Waals surface area contributed by atoms with Gasteiger partial charge in [0.1, 0.15) is 0 Å². The molecule has 1 saturated heterocycles. The lowest BCUT2D eigenvalue weighted by Gasteiger charge is -2.31. The molecule has 1 aliphatic carbocycles. The Hall–Kier alpha value is -1.36. The van der Waals surface area contributed by atoms with E-state index in [0.717, 1.165) is 19.4 Å². The van der Waals surface area contributed by atoms with Crippen LogP contribution >= 0.6 is 11.3 Å². The molecule has 2 aliphatic rings. The minimum atomic E-state index is -0.774. The average molecular weight is 293 g/mol. The lowest BCUT2D eigenvalue weighted by atomic mass is 9.98. The summed E-state index contributed by atoms with van der Waals surface area (Å²) in [4.78, 5) is 27.9. The van der Waals surface area contributed by atoms with Gasteiger partial charge in [0.15, 0.2) is 0 Å². The molecule has 108 valence electrons. The molecule has 2 heterocycles. The predicted molar refractivity (Wildman–Crippen MR) is 76.8 cm³/mol.